The van der Waals surface area contributed by atoms with Crippen molar-refractivity contribution < 1.29 is 9.47 Å². The molecular weight excluding hydrogens is 220 g/mol. The van der Waals surface area contributed by atoms with Gasteiger partial charge in [-0.2, -0.15) is 4.98 Å². The number of ether oxygens (including phenoxy) is 2. The van der Waals surface area contributed by atoms with Crippen LogP contribution in [-0.2, 0) is 4.74 Å². The van der Waals surface area contributed by atoms with Gasteiger partial charge in [-0.25, -0.2) is 4.98 Å². The van der Waals surface area contributed by atoms with E-state index < -0.39 is 0 Å². The zero-order chi connectivity index (χ0) is 12.1. The van der Waals surface area contributed by atoms with Crippen LogP contribution in [-0.4, -0.2) is 42.9 Å². The van der Waals surface area contributed by atoms with Crippen LogP contribution in [0.3, 0.4) is 0 Å². The van der Waals surface area contributed by atoms with Crippen LogP contribution < -0.4 is 15.4 Å². The zero-order valence-electron chi connectivity index (χ0n) is 10.1. The van der Waals surface area contributed by atoms with Crippen molar-refractivity contribution in [1.82, 2.24) is 9.97 Å². The van der Waals surface area contributed by atoms with E-state index in [0.717, 1.165) is 25.3 Å². The predicted octanol–water partition coefficient (Wildman–Crippen LogP) is 0.684. The van der Waals surface area contributed by atoms with Crippen molar-refractivity contribution in [2.45, 2.75) is 13.3 Å². The Kier molecular flexibility index (Phi) is 3.98. The SMILES string of the molecule is CCCOc1ncnc(N2CCOCC2)c1N. The fourth-order valence-electron chi connectivity index (χ4n) is 1.71. The summed E-state index contributed by atoms with van der Waals surface area (Å²) in [6.45, 7) is 5.66. The van der Waals surface area contributed by atoms with Crippen LogP contribution >= 0.6 is 0 Å². The molecule has 0 unspecified atom stereocenters. The third kappa shape index (κ3) is 2.76. The minimum Gasteiger partial charge on any atom is -0.476 e. The first-order valence-corrected chi connectivity index (χ1v) is 5.89. The largest absolute Gasteiger partial charge is 0.476 e. The number of nitrogens with zero attached hydrogens (tertiary/aromatic N) is 3. The number of nitrogens with two attached hydrogens (primary N) is 1. The standard InChI is InChI=1S/C11H18N4O2/c1-2-5-17-11-9(12)10(13-8-14-11)15-3-6-16-7-4-15/h8H,2-7,12H2,1H3. The Hall–Kier alpha value is -1.56. The number of nitrogen functional groups attached to an aromatic ring is 1. The van der Waals surface area contributed by atoms with Crippen LogP contribution in [0.5, 0.6) is 5.88 Å². The molecule has 1 fully saturated rings. The van der Waals surface area contributed by atoms with Gasteiger partial charge in [0.25, 0.3) is 0 Å². The molecule has 2 rings (SSSR count). The lowest BCUT2D eigenvalue weighted by Gasteiger charge is -2.28. The van der Waals surface area contributed by atoms with E-state index in [2.05, 4.69) is 14.9 Å². The van der Waals surface area contributed by atoms with Gasteiger partial charge in [0.15, 0.2) is 5.82 Å². The Morgan fingerprint density at radius 1 is 1.41 bits per heavy atom. The summed E-state index contributed by atoms with van der Waals surface area (Å²) in [6.07, 6.45) is 2.42. The summed E-state index contributed by atoms with van der Waals surface area (Å²) in [4.78, 5) is 10.4. The van der Waals surface area contributed by atoms with Gasteiger partial charge in [0.2, 0.25) is 5.88 Å². The van der Waals surface area contributed by atoms with Crippen LogP contribution in [0, 0.1) is 0 Å². The van der Waals surface area contributed by atoms with E-state index in [1.807, 2.05) is 6.92 Å². The van der Waals surface area contributed by atoms with Crippen LogP contribution in [0.1, 0.15) is 13.3 Å². The van der Waals surface area contributed by atoms with Crippen molar-refractivity contribution in [3.8, 4) is 5.88 Å². The molecule has 0 bridgehead atoms. The Labute approximate surface area is 101 Å². The molecule has 1 aromatic heterocycles. The second-order valence-corrected chi connectivity index (χ2v) is 3.86. The summed E-state index contributed by atoms with van der Waals surface area (Å²) in [7, 11) is 0. The molecule has 0 aromatic carbocycles. The van der Waals surface area contributed by atoms with Crippen molar-refractivity contribution in [1.29, 1.82) is 0 Å². The maximum Gasteiger partial charge on any atom is 0.242 e. The average molecular weight is 238 g/mol. The minimum atomic E-state index is 0.475. The summed E-state index contributed by atoms with van der Waals surface area (Å²) in [5.41, 5.74) is 6.54. The van der Waals surface area contributed by atoms with Gasteiger partial charge in [-0.1, -0.05) is 6.92 Å². The number of anilines is 2. The van der Waals surface area contributed by atoms with Crippen molar-refractivity contribution in [3.05, 3.63) is 6.33 Å². The normalized spacial score (nSPS) is 15.9. The molecule has 1 aliphatic heterocycles. The van der Waals surface area contributed by atoms with E-state index >= 15 is 0 Å². The summed E-state index contributed by atoms with van der Waals surface area (Å²) in [6, 6.07) is 0. The van der Waals surface area contributed by atoms with Gasteiger partial charge >= 0.3 is 0 Å². The fraction of sp³-hybridized carbons (Fsp3) is 0.636. The number of aromatic nitrogens is 2. The van der Waals surface area contributed by atoms with Crippen molar-refractivity contribution in [3.63, 3.8) is 0 Å². The van der Waals surface area contributed by atoms with Crippen molar-refractivity contribution in [2.24, 2.45) is 0 Å². The first-order valence-electron chi connectivity index (χ1n) is 5.89. The number of morpholine rings is 1. The third-order valence-corrected chi connectivity index (χ3v) is 2.58. The third-order valence-electron chi connectivity index (χ3n) is 2.58. The zero-order valence-corrected chi connectivity index (χ0v) is 10.1. The average Bonchev–Trinajstić information content (AvgIpc) is 2.39. The molecule has 0 spiro atoms. The van der Waals surface area contributed by atoms with Gasteiger partial charge in [0.05, 0.1) is 19.8 Å². The molecule has 1 saturated heterocycles. The summed E-state index contributed by atoms with van der Waals surface area (Å²) >= 11 is 0. The smallest absolute Gasteiger partial charge is 0.242 e. The van der Waals surface area contributed by atoms with Crippen LogP contribution in [0.25, 0.3) is 0 Å². The Balaban J connectivity index is 2.15. The van der Waals surface area contributed by atoms with Crippen molar-refractivity contribution in [2.75, 3.05) is 43.5 Å². The highest BCUT2D eigenvalue weighted by molar-refractivity contribution is 5.67. The Morgan fingerprint density at radius 2 is 2.18 bits per heavy atom. The van der Waals surface area contributed by atoms with E-state index in [1.165, 1.54) is 6.33 Å². The maximum absolute atomic E-state index is 6.02. The number of rotatable bonds is 4. The second kappa shape index (κ2) is 5.67. The topological polar surface area (TPSA) is 73.5 Å². The Morgan fingerprint density at radius 3 is 2.88 bits per heavy atom. The molecule has 1 aliphatic rings. The van der Waals surface area contributed by atoms with Crippen LogP contribution in [0.15, 0.2) is 6.33 Å². The van der Waals surface area contributed by atoms with Gasteiger partial charge in [-0.05, 0) is 6.42 Å². The molecule has 0 atom stereocenters. The summed E-state index contributed by atoms with van der Waals surface area (Å²) < 4.78 is 10.8. The van der Waals surface area contributed by atoms with Crippen LogP contribution in [0.4, 0.5) is 11.5 Å². The fourth-order valence-corrected chi connectivity index (χ4v) is 1.71. The molecule has 0 aliphatic carbocycles. The lowest BCUT2D eigenvalue weighted by Crippen LogP contribution is -2.37. The quantitative estimate of drug-likeness (QED) is 0.831. The maximum atomic E-state index is 6.02. The predicted molar refractivity (Wildman–Crippen MR) is 65.3 cm³/mol. The van der Waals surface area contributed by atoms with Gasteiger partial charge in [-0.15, -0.1) is 0 Å². The second-order valence-electron chi connectivity index (χ2n) is 3.86. The minimum absolute atomic E-state index is 0.475. The van der Waals surface area contributed by atoms with Gasteiger partial charge in [0, 0.05) is 13.1 Å². The van der Waals surface area contributed by atoms with Gasteiger partial charge in [-0.3, -0.25) is 0 Å². The molecule has 2 N–H and O–H groups in total. The summed E-state index contributed by atoms with van der Waals surface area (Å²) in [5.74, 6) is 1.22. The molecular formula is C11H18N4O2. The molecule has 94 valence electrons. The molecule has 2 heterocycles. The highest BCUT2D eigenvalue weighted by Crippen LogP contribution is 2.28. The monoisotopic (exact) mass is 238 g/mol. The highest BCUT2D eigenvalue weighted by atomic mass is 16.5. The van der Waals surface area contributed by atoms with Gasteiger partial charge in [0.1, 0.15) is 12.0 Å². The number of hydrogen-bond acceptors (Lipinski definition) is 6. The van der Waals surface area contributed by atoms with E-state index in [4.69, 9.17) is 15.2 Å². The Bertz CT molecular complexity index is 366. The van der Waals surface area contributed by atoms with E-state index in [0.29, 0.717) is 31.4 Å². The molecule has 17 heavy (non-hydrogen) atoms. The van der Waals surface area contributed by atoms with E-state index in [1.54, 1.807) is 0 Å². The molecule has 6 heteroatoms. The molecule has 0 amide bonds. The van der Waals surface area contributed by atoms with Crippen LogP contribution in [0.2, 0.25) is 0 Å². The highest BCUT2D eigenvalue weighted by Gasteiger charge is 2.18. The molecule has 1 aromatic rings. The van der Waals surface area contributed by atoms with Gasteiger partial charge < -0.3 is 20.1 Å². The molecule has 6 nitrogen and oxygen atoms in total. The first kappa shape index (κ1) is 11.9. The van der Waals surface area contributed by atoms with E-state index in [9.17, 15) is 0 Å². The lowest BCUT2D eigenvalue weighted by atomic mass is 10.3. The molecule has 0 radical (unpaired) electrons. The van der Waals surface area contributed by atoms with Crippen molar-refractivity contribution >= 4 is 11.5 Å². The summed E-state index contributed by atoms with van der Waals surface area (Å²) in [5, 5.41) is 0. The van der Waals surface area contributed by atoms with E-state index in [-0.39, 0.29) is 0 Å². The first-order chi connectivity index (χ1) is 8.33. The molecule has 0 saturated carbocycles. The number of hydrogen-bond donors (Lipinski definition) is 1. The lowest BCUT2D eigenvalue weighted by molar-refractivity contribution is 0.122.